The molecule has 0 radical (unpaired) electrons. The molecule has 2 fully saturated rings. The van der Waals surface area contributed by atoms with Crippen molar-refractivity contribution in [3.8, 4) is 11.8 Å². The molecule has 214 valence electrons. The Balaban J connectivity index is 1.62. The van der Waals surface area contributed by atoms with Crippen molar-refractivity contribution in [2.45, 2.75) is 40.2 Å². The van der Waals surface area contributed by atoms with Crippen LogP contribution >= 0.6 is 11.6 Å². The number of hydrogen-bond acceptors (Lipinski definition) is 7. The fourth-order valence-corrected chi connectivity index (χ4v) is 7.53. The Morgan fingerprint density at radius 3 is 2.54 bits per heavy atom. The van der Waals surface area contributed by atoms with Gasteiger partial charge in [-0.05, 0) is 37.5 Å². The third-order valence-corrected chi connectivity index (χ3v) is 8.74. The second kappa shape index (κ2) is 9.53. The third-order valence-electron chi connectivity index (χ3n) is 8.44. The molecular weight excluding hydrogens is 551 g/mol. The number of nitro groups is 1. The number of likely N-dealkylation sites (tertiary alicyclic amines) is 1. The van der Waals surface area contributed by atoms with Crippen molar-refractivity contribution in [1.82, 2.24) is 20.2 Å². The van der Waals surface area contributed by atoms with Crippen molar-refractivity contribution in [2.75, 3.05) is 25.0 Å². The van der Waals surface area contributed by atoms with Crippen LogP contribution in [0.2, 0.25) is 5.02 Å². The number of carboxylic acid groups (broad SMARTS) is 1. The first-order chi connectivity index (χ1) is 19.1. The number of rotatable bonds is 4. The summed E-state index contributed by atoms with van der Waals surface area (Å²) in [6.45, 7) is 11.6. The van der Waals surface area contributed by atoms with Gasteiger partial charge in [0, 0.05) is 36.5 Å². The normalized spacial score (nSPS) is 19.6. The maximum atomic E-state index is 14.5. The summed E-state index contributed by atoms with van der Waals surface area (Å²) in [6.07, 6.45) is 0.248. The van der Waals surface area contributed by atoms with Crippen molar-refractivity contribution in [1.29, 1.82) is 0 Å². The number of hydrogen-bond donors (Lipinski definition) is 3. The van der Waals surface area contributed by atoms with Crippen LogP contribution in [0, 0.1) is 44.0 Å². The maximum Gasteiger partial charge on any atom is 0.407 e. The molecule has 0 saturated carbocycles. The van der Waals surface area contributed by atoms with Crippen molar-refractivity contribution in [2.24, 2.45) is 16.2 Å². The highest BCUT2D eigenvalue weighted by molar-refractivity contribution is 6.31. The van der Waals surface area contributed by atoms with Crippen LogP contribution in [-0.4, -0.2) is 56.2 Å². The van der Waals surface area contributed by atoms with E-state index in [1.54, 1.807) is 6.07 Å². The summed E-state index contributed by atoms with van der Waals surface area (Å²) < 4.78 is 14.5. The number of nitrogens with one attached hydrogen (secondary N) is 2. The first-order valence-electron chi connectivity index (χ1n) is 13.0. The molecule has 3 heterocycles. The molecule has 12 heteroatoms. The van der Waals surface area contributed by atoms with Gasteiger partial charge in [0.25, 0.3) is 5.69 Å². The van der Waals surface area contributed by atoms with Gasteiger partial charge < -0.3 is 15.7 Å². The Morgan fingerprint density at radius 1 is 1.24 bits per heavy atom. The fraction of sp³-hybridized carbons (Fsp3) is 0.414. The minimum absolute atomic E-state index is 0.0566. The van der Waals surface area contributed by atoms with Gasteiger partial charge in [0.05, 0.1) is 32.1 Å². The molecule has 2 aliphatic heterocycles. The van der Waals surface area contributed by atoms with Gasteiger partial charge in [0.2, 0.25) is 0 Å². The molecule has 1 aromatic heterocycles. The molecule has 1 unspecified atom stereocenters. The number of fused-ring (bicyclic) bond motifs is 1. The average molecular weight is 581 g/mol. The summed E-state index contributed by atoms with van der Waals surface area (Å²) in [7, 11) is 0. The number of nitro benzene ring substituents is 1. The van der Waals surface area contributed by atoms with Crippen LogP contribution < -0.4 is 10.6 Å². The van der Waals surface area contributed by atoms with E-state index in [0.29, 0.717) is 30.5 Å². The largest absolute Gasteiger partial charge is 0.465 e. The summed E-state index contributed by atoms with van der Waals surface area (Å²) in [6, 6.07) is 7.25. The van der Waals surface area contributed by atoms with Gasteiger partial charge in [-0.1, -0.05) is 50.3 Å². The predicted octanol–water partition coefficient (Wildman–Crippen LogP) is 5.82. The third kappa shape index (κ3) is 4.16. The first-order valence-corrected chi connectivity index (χ1v) is 13.4. The highest BCUT2D eigenvalue weighted by Gasteiger charge is 2.77. The SMILES string of the molecule is CC(C)(C)C1(C(C)(C)C#Cc2cc3ncnc(Nc4cccc(Cl)c4F)c3cc2[N+](=O)[O-])N(C(=O)O)CC12CNC2. The van der Waals surface area contributed by atoms with Gasteiger partial charge in [-0.3, -0.25) is 15.0 Å². The standard InChI is InChI=1S/C29H30ClFN6O4/c1-26(2,3)29(28(13-32-14-28)15-36(29)25(38)39)27(4,5)10-9-17-11-21-18(12-22(17)37(40)41)24(34-16-33-21)35-20-8-6-7-19(30)23(20)31/h6-8,11-12,16,32H,13-15H2,1-5H3,(H,38,39)(H,33,34,35). The van der Waals surface area contributed by atoms with Gasteiger partial charge in [-0.15, -0.1) is 0 Å². The van der Waals surface area contributed by atoms with Crippen molar-refractivity contribution in [3.63, 3.8) is 0 Å². The lowest BCUT2D eigenvalue weighted by atomic mass is 9.41. The van der Waals surface area contributed by atoms with Crippen LogP contribution in [0.25, 0.3) is 10.9 Å². The van der Waals surface area contributed by atoms with Crippen LogP contribution in [-0.2, 0) is 0 Å². The summed E-state index contributed by atoms with van der Waals surface area (Å²) in [4.78, 5) is 34.0. The number of carbonyl (C=O) groups is 1. The molecular formula is C29H30ClFN6O4. The van der Waals surface area contributed by atoms with E-state index in [4.69, 9.17) is 11.6 Å². The Kier molecular flexibility index (Phi) is 6.63. The molecule has 3 aromatic rings. The average Bonchev–Trinajstić information content (AvgIpc) is 2.82. The minimum Gasteiger partial charge on any atom is -0.465 e. The Bertz CT molecular complexity index is 1660. The van der Waals surface area contributed by atoms with E-state index in [2.05, 4.69) is 32.4 Å². The van der Waals surface area contributed by atoms with Gasteiger partial charge >= 0.3 is 6.09 Å². The Morgan fingerprint density at radius 2 is 1.95 bits per heavy atom. The second-order valence-electron chi connectivity index (χ2n) is 12.2. The quantitative estimate of drug-likeness (QED) is 0.200. The zero-order valence-corrected chi connectivity index (χ0v) is 24.1. The molecule has 2 aliphatic rings. The molecule has 41 heavy (non-hydrogen) atoms. The fourth-order valence-electron chi connectivity index (χ4n) is 7.36. The topological polar surface area (TPSA) is 134 Å². The zero-order valence-electron chi connectivity index (χ0n) is 23.3. The molecule has 2 aromatic carbocycles. The smallest absolute Gasteiger partial charge is 0.407 e. The van der Waals surface area contributed by atoms with E-state index < -0.39 is 33.2 Å². The van der Waals surface area contributed by atoms with Gasteiger partial charge in [0.15, 0.2) is 5.82 Å². The number of anilines is 2. The molecule has 1 amide bonds. The number of amides is 1. The number of nitrogens with zero attached hydrogens (tertiary/aromatic N) is 4. The molecule has 0 aliphatic carbocycles. The Hall–Kier alpha value is -4.01. The highest BCUT2D eigenvalue weighted by Crippen LogP contribution is 2.65. The molecule has 1 atom stereocenters. The van der Waals surface area contributed by atoms with Gasteiger partial charge in [-0.25, -0.2) is 19.2 Å². The predicted molar refractivity (Wildman–Crippen MR) is 154 cm³/mol. The van der Waals surface area contributed by atoms with Crippen LogP contribution in [0.1, 0.15) is 40.2 Å². The van der Waals surface area contributed by atoms with Crippen LogP contribution in [0.4, 0.5) is 26.4 Å². The van der Waals surface area contributed by atoms with Crippen molar-refractivity contribution >= 4 is 45.8 Å². The van der Waals surface area contributed by atoms with E-state index >= 15 is 0 Å². The van der Waals surface area contributed by atoms with E-state index in [1.807, 2.05) is 34.6 Å². The minimum atomic E-state index is -1.02. The monoisotopic (exact) mass is 580 g/mol. The van der Waals surface area contributed by atoms with Crippen LogP contribution in [0.3, 0.4) is 0 Å². The summed E-state index contributed by atoms with van der Waals surface area (Å²) in [5.74, 6) is 5.75. The second-order valence-corrected chi connectivity index (χ2v) is 12.6. The molecule has 0 bridgehead atoms. The van der Waals surface area contributed by atoms with Crippen LogP contribution in [0.15, 0.2) is 36.7 Å². The van der Waals surface area contributed by atoms with Crippen molar-refractivity contribution < 1.29 is 19.2 Å². The first kappa shape index (κ1) is 28.5. The summed E-state index contributed by atoms with van der Waals surface area (Å²) in [5, 5.41) is 28.7. The van der Waals surface area contributed by atoms with E-state index in [1.165, 1.54) is 35.5 Å². The molecule has 2 saturated heterocycles. The Labute approximate surface area is 241 Å². The molecule has 3 N–H and O–H groups in total. The lowest BCUT2D eigenvalue weighted by Gasteiger charge is -2.77. The van der Waals surface area contributed by atoms with E-state index in [0.717, 1.165) is 0 Å². The van der Waals surface area contributed by atoms with Gasteiger partial charge in [-0.2, -0.15) is 0 Å². The summed E-state index contributed by atoms with van der Waals surface area (Å²) in [5.41, 5.74) is -2.29. The number of halogens is 2. The molecule has 1 spiro atoms. The summed E-state index contributed by atoms with van der Waals surface area (Å²) >= 11 is 5.90. The van der Waals surface area contributed by atoms with Gasteiger partial charge in [0.1, 0.15) is 17.7 Å². The lowest BCUT2D eigenvalue weighted by Crippen LogP contribution is -2.91. The maximum absolute atomic E-state index is 14.5. The highest BCUT2D eigenvalue weighted by atomic mass is 35.5. The number of benzene rings is 2. The van der Waals surface area contributed by atoms with Crippen molar-refractivity contribution in [3.05, 3.63) is 63.2 Å². The molecule has 5 rings (SSSR count). The zero-order chi connectivity index (χ0) is 30.0. The van der Waals surface area contributed by atoms with Crippen LogP contribution in [0.5, 0.6) is 0 Å². The number of aromatic nitrogens is 2. The van der Waals surface area contributed by atoms with E-state index in [9.17, 15) is 24.4 Å². The molecule has 10 nitrogen and oxygen atoms in total. The van der Waals surface area contributed by atoms with E-state index in [-0.39, 0.29) is 33.2 Å². The lowest BCUT2D eigenvalue weighted by molar-refractivity contribution is -0.385.